The summed E-state index contributed by atoms with van der Waals surface area (Å²) in [6.45, 7) is 3.17. The molecule has 3 heterocycles. The number of benzene rings is 1. The fourth-order valence-electron chi connectivity index (χ4n) is 3.70. The van der Waals surface area contributed by atoms with E-state index >= 15 is 0 Å². The summed E-state index contributed by atoms with van der Waals surface area (Å²) in [5, 5.41) is 3.27. The van der Waals surface area contributed by atoms with Crippen molar-refractivity contribution in [1.29, 1.82) is 0 Å². The molecule has 1 N–H and O–H groups in total. The van der Waals surface area contributed by atoms with Gasteiger partial charge in [0.1, 0.15) is 23.6 Å². The molecule has 8 heteroatoms. The minimum Gasteiger partial charge on any atom is -0.497 e. The van der Waals surface area contributed by atoms with Crippen LogP contribution in [0.15, 0.2) is 36.7 Å². The first-order valence-electron chi connectivity index (χ1n) is 9.93. The summed E-state index contributed by atoms with van der Waals surface area (Å²) in [5.41, 5.74) is 1.60. The summed E-state index contributed by atoms with van der Waals surface area (Å²) in [7, 11) is 1.66. The van der Waals surface area contributed by atoms with Crippen LogP contribution in [0.1, 0.15) is 28.9 Å². The number of methoxy groups -OCH3 is 1. The summed E-state index contributed by atoms with van der Waals surface area (Å²) >= 11 is 0. The molecule has 2 aromatic rings. The summed E-state index contributed by atoms with van der Waals surface area (Å²) in [5.74, 6) is 0.915. The molecule has 29 heavy (non-hydrogen) atoms. The number of rotatable bonds is 6. The van der Waals surface area contributed by atoms with Crippen molar-refractivity contribution < 1.29 is 19.0 Å². The Morgan fingerprint density at radius 1 is 1.17 bits per heavy atom. The van der Waals surface area contributed by atoms with Crippen molar-refractivity contribution in [3.8, 4) is 5.75 Å². The average molecular weight is 398 g/mol. The van der Waals surface area contributed by atoms with Crippen molar-refractivity contribution >= 4 is 11.7 Å². The van der Waals surface area contributed by atoms with Gasteiger partial charge in [-0.15, -0.1) is 0 Å². The van der Waals surface area contributed by atoms with Gasteiger partial charge in [-0.05, 0) is 24.1 Å². The molecule has 0 atom stereocenters. The summed E-state index contributed by atoms with van der Waals surface area (Å²) in [4.78, 5) is 23.0. The molecule has 1 aromatic carbocycles. The summed E-state index contributed by atoms with van der Waals surface area (Å²) < 4.78 is 16.6. The van der Waals surface area contributed by atoms with E-state index in [9.17, 15) is 4.79 Å². The van der Waals surface area contributed by atoms with Crippen molar-refractivity contribution in [3.05, 3.63) is 47.9 Å². The van der Waals surface area contributed by atoms with Crippen LogP contribution < -0.4 is 10.1 Å². The van der Waals surface area contributed by atoms with E-state index in [1.807, 2.05) is 24.3 Å². The van der Waals surface area contributed by atoms with Gasteiger partial charge >= 0.3 is 0 Å². The molecule has 0 radical (unpaired) electrons. The molecule has 0 aliphatic carbocycles. The van der Waals surface area contributed by atoms with Crippen LogP contribution in [0, 0.1) is 0 Å². The largest absolute Gasteiger partial charge is 0.497 e. The van der Waals surface area contributed by atoms with E-state index in [1.54, 1.807) is 18.1 Å². The molecule has 2 fully saturated rings. The van der Waals surface area contributed by atoms with Gasteiger partial charge in [0.25, 0.3) is 5.91 Å². The number of aromatic nitrogens is 2. The number of nitrogens with one attached hydrogen (secondary N) is 1. The minimum absolute atomic E-state index is 0.0848. The molecular formula is C21H26N4O4. The van der Waals surface area contributed by atoms with Gasteiger partial charge < -0.3 is 24.4 Å². The smallest absolute Gasteiger partial charge is 0.272 e. The lowest BCUT2D eigenvalue weighted by Gasteiger charge is -2.37. The Balaban J connectivity index is 1.30. The predicted octanol–water partition coefficient (Wildman–Crippen LogP) is 2.12. The number of anilines is 1. The van der Waals surface area contributed by atoms with E-state index in [4.69, 9.17) is 14.2 Å². The molecular weight excluding hydrogens is 372 g/mol. The molecule has 4 rings (SSSR count). The van der Waals surface area contributed by atoms with Crippen LogP contribution in [-0.4, -0.2) is 66.5 Å². The first-order chi connectivity index (χ1) is 14.2. The second-order valence-corrected chi connectivity index (χ2v) is 7.21. The Hall–Kier alpha value is -2.71. The number of likely N-dealkylation sites (tertiary alicyclic amines) is 1. The number of amides is 1. The quantitative estimate of drug-likeness (QED) is 0.798. The van der Waals surface area contributed by atoms with Crippen LogP contribution in [0.4, 0.5) is 5.82 Å². The molecule has 2 saturated heterocycles. The molecule has 1 amide bonds. The monoisotopic (exact) mass is 398 g/mol. The molecule has 0 saturated carbocycles. The summed E-state index contributed by atoms with van der Waals surface area (Å²) in [6.07, 6.45) is 3.65. The first-order valence-corrected chi connectivity index (χ1v) is 9.93. The van der Waals surface area contributed by atoms with E-state index in [-0.39, 0.29) is 5.91 Å². The highest BCUT2D eigenvalue weighted by Gasteiger charge is 2.41. The summed E-state index contributed by atoms with van der Waals surface area (Å²) in [6, 6.07) is 9.68. The number of hydrogen-bond donors (Lipinski definition) is 1. The van der Waals surface area contributed by atoms with Gasteiger partial charge in [0.05, 0.1) is 20.3 Å². The number of piperidine rings is 1. The van der Waals surface area contributed by atoms with Gasteiger partial charge in [-0.3, -0.25) is 4.79 Å². The Bertz CT molecular complexity index is 827. The van der Waals surface area contributed by atoms with Gasteiger partial charge in [0.15, 0.2) is 5.79 Å². The van der Waals surface area contributed by atoms with Crippen LogP contribution in [0.25, 0.3) is 0 Å². The molecule has 8 nitrogen and oxygen atoms in total. The highest BCUT2D eigenvalue weighted by molar-refractivity contribution is 5.93. The molecule has 0 bridgehead atoms. The fraction of sp³-hybridized carbons (Fsp3) is 0.476. The van der Waals surface area contributed by atoms with Crippen molar-refractivity contribution in [2.45, 2.75) is 25.0 Å². The maximum absolute atomic E-state index is 12.8. The van der Waals surface area contributed by atoms with Crippen molar-refractivity contribution in [1.82, 2.24) is 14.9 Å². The van der Waals surface area contributed by atoms with Crippen LogP contribution in [0.3, 0.4) is 0 Å². The van der Waals surface area contributed by atoms with Crippen LogP contribution in [-0.2, 0) is 15.9 Å². The maximum Gasteiger partial charge on any atom is 0.272 e. The Morgan fingerprint density at radius 3 is 2.59 bits per heavy atom. The molecule has 1 aromatic heterocycles. The molecule has 1 spiro atoms. The van der Waals surface area contributed by atoms with Gasteiger partial charge in [0.2, 0.25) is 0 Å². The van der Waals surface area contributed by atoms with E-state index in [0.29, 0.717) is 57.2 Å². The predicted molar refractivity (Wildman–Crippen MR) is 107 cm³/mol. The van der Waals surface area contributed by atoms with Crippen LogP contribution >= 0.6 is 0 Å². The lowest BCUT2D eigenvalue weighted by Crippen LogP contribution is -2.47. The third-order valence-corrected chi connectivity index (χ3v) is 5.39. The number of nitrogens with zero attached hydrogens (tertiary/aromatic N) is 3. The fourth-order valence-corrected chi connectivity index (χ4v) is 3.70. The third-order valence-electron chi connectivity index (χ3n) is 5.39. The van der Waals surface area contributed by atoms with Gasteiger partial charge in [-0.25, -0.2) is 9.97 Å². The van der Waals surface area contributed by atoms with Gasteiger partial charge in [-0.1, -0.05) is 12.1 Å². The second-order valence-electron chi connectivity index (χ2n) is 7.21. The lowest BCUT2D eigenvalue weighted by atomic mass is 10.0. The normalized spacial score (nSPS) is 18.0. The van der Waals surface area contributed by atoms with Crippen molar-refractivity contribution in [2.75, 3.05) is 45.3 Å². The van der Waals surface area contributed by atoms with E-state index in [2.05, 4.69) is 15.3 Å². The lowest BCUT2D eigenvalue weighted by molar-refractivity contribution is -0.181. The minimum atomic E-state index is -0.489. The van der Waals surface area contributed by atoms with E-state index in [0.717, 1.165) is 12.2 Å². The van der Waals surface area contributed by atoms with Crippen molar-refractivity contribution in [3.63, 3.8) is 0 Å². The SMILES string of the molecule is COc1ccc(CCNc2cc(C(=O)N3CCC4(CC3)OCCO4)ncn2)cc1. The number of ether oxygens (including phenoxy) is 3. The zero-order valence-corrected chi connectivity index (χ0v) is 16.6. The van der Waals surface area contributed by atoms with Crippen LogP contribution in [0.5, 0.6) is 5.75 Å². The average Bonchev–Trinajstić information content (AvgIpc) is 3.22. The topological polar surface area (TPSA) is 85.8 Å². The maximum atomic E-state index is 12.8. The molecule has 0 unspecified atom stereocenters. The molecule has 154 valence electrons. The third kappa shape index (κ3) is 4.65. The van der Waals surface area contributed by atoms with Gasteiger partial charge in [0, 0.05) is 38.5 Å². The second kappa shape index (κ2) is 8.75. The molecule has 2 aliphatic heterocycles. The number of carbonyl (C=O) groups excluding carboxylic acids is 1. The Morgan fingerprint density at radius 2 is 1.90 bits per heavy atom. The highest BCUT2D eigenvalue weighted by atomic mass is 16.7. The van der Waals surface area contributed by atoms with Crippen LogP contribution in [0.2, 0.25) is 0 Å². The number of hydrogen-bond acceptors (Lipinski definition) is 7. The van der Waals surface area contributed by atoms with Gasteiger partial charge in [-0.2, -0.15) is 0 Å². The first kappa shape index (κ1) is 19.6. The van der Waals surface area contributed by atoms with E-state index in [1.165, 1.54) is 11.9 Å². The van der Waals surface area contributed by atoms with E-state index < -0.39 is 5.79 Å². The standard InChI is InChI=1S/C21H26N4O4/c1-27-17-4-2-16(3-5-17)6-9-22-19-14-18(23-15-24-19)20(26)25-10-7-21(8-11-25)28-12-13-29-21/h2-5,14-15H,6-13H2,1H3,(H,22,23,24). The Kier molecular flexibility index (Phi) is 5.92. The number of carbonyl (C=O) groups is 1. The highest BCUT2D eigenvalue weighted by Crippen LogP contribution is 2.31. The molecule has 2 aliphatic rings. The zero-order chi connectivity index (χ0) is 20.1. The van der Waals surface area contributed by atoms with Crippen molar-refractivity contribution in [2.24, 2.45) is 0 Å². The zero-order valence-electron chi connectivity index (χ0n) is 16.6. The Labute approximate surface area is 170 Å².